The van der Waals surface area contributed by atoms with E-state index in [-0.39, 0.29) is 11.7 Å². The molecule has 4 aromatic rings. The summed E-state index contributed by atoms with van der Waals surface area (Å²) in [5.41, 5.74) is 1.34. The summed E-state index contributed by atoms with van der Waals surface area (Å²) in [6.07, 6.45) is 0. The van der Waals surface area contributed by atoms with Gasteiger partial charge >= 0.3 is 0 Å². The van der Waals surface area contributed by atoms with E-state index in [4.69, 9.17) is 18.9 Å². The van der Waals surface area contributed by atoms with E-state index in [0.717, 1.165) is 21.4 Å². The highest BCUT2D eigenvalue weighted by atomic mass is 32.1. The molecule has 0 fully saturated rings. The minimum absolute atomic E-state index is 0.234. The Kier molecular flexibility index (Phi) is 6.62. The van der Waals surface area contributed by atoms with Gasteiger partial charge in [-0.1, -0.05) is 29.5 Å². The lowest BCUT2D eigenvalue weighted by atomic mass is 10.2. The predicted octanol–water partition coefficient (Wildman–Crippen LogP) is 5.05. The molecule has 168 valence electrons. The van der Waals surface area contributed by atoms with Gasteiger partial charge in [0.15, 0.2) is 22.2 Å². The highest BCUT2D eigenvalue weighted by Crippen LogP contribution is 2.36. The molecule has 0 bridgehead atoms. The van der Waals surface area contributed by atoms with E-state index in [0.29, 0.717) is 42.8 Å². The number of likely N-dealkylation sites (N-methyl/N-ethyl adjacent to an activating group) is 1. The topological polar surface area (TPSA) is 68.0 Å². The van der Waals surface area contributed by atoms with Crippen LogP contribution >= 0.6 is 11.3 Å². The van der Waals surface area contributed by atoms with Crippen molar-refractivity contribution in [3.05, 3.63) is 48.2 Å². The molecule has 0 aliphatic rings. The third-order valence-electron chi connectivity index (χ3n) is 4.94. The molecule has 8 heteroatoms. The largest absolute Gasteiger partial charge is 0.492 e. The van der Waals surface area contributed by atoms with Crippen LogP contribution in [-0.4, -0.2) is 56.2 Å². The predicted molar refractivity (Wildman–Crippen MR) is 128 cm³/mol. The zero-order chi connectivity index (χ0) is 22.7. The van der Waals surface area contributed by atoms with Gasteiger partial charge in [-0.25, -0.2) is 4.98 Å². The monoisotopic (exact) mass is 453 g/mol. The number of rotatable bonds is 9. The minimum atomic E-state index is -0.234. The number of benzene rings is 2. The molecule has 0 atom stereocenters. The van der Waals surface area contributed by atoms with Crippen LogP contribution in [0.3, 0.4) is 0 Å². The first-order chi connectivity index (χ1) is 15.5. The van der Waals surface area contributed by atoms with Crippen LogP contribution in [0.1, 0.15) is 24.4 Å². The molecule has 0 unspecified atom stereocenters. The van der Waals surface area contributed by atoms with Crippen LogP contribution < -0.4 is 14.4 Å². The molecule has 0 aliphatic carbocycles. The molecule has 0 radical (unpaired) electrons. The summed E-state index contributed by atoms with van der Waals surface area (Å²) in [5.74, 6) is 1.38. The van der Waals surface area contributed by atoms with Gasteiger partial charge in [0.25, 0.3) is 5.91 Å². The summed E-state index contributed by atoms with van der Waals surface area (Å²) in [5, 5.41) is 1.44. The SMILES string of the molecule is CCOc1cccc2sc(N(CCN(C)C)C(=O)c3cc4cccc(OCC)c4o3)nc12. The molecular formula is C24H27N3O4S. The van der Waals surface area contributed by atoms with Crippen molar-refractivity contribution in [1.29, 1.82) is 0 Å². The van der Waals surface area contributed by atoms with Crippen LogP contribution in [-0.2, 0) is 0 Å². The zero-order valence-corrected chi connectivity index (χ0v) is 19.6. The summed E-state index contributed by atoms with van der Waals surface area (Å²) in [6, 6.07) is 13.2. The molecule has 0 N–H and O–H groups in total. The third-order valence-corrected chi connectivity index (χ3v) is 5.98. The van der Waals surface area contributed by atoms with Crippen LogP contribution in [0.4, 0.5) is 5.13 Å². The number of nitrogens with zero attached hydrogens (tertiary/aromatic N) is 3. The number of amides is 1. The maximum absolute atomic E-state index is 13.6. The third kappa shape index (κ3) is 4.42. The average Bonchev–Trinajstić information content (AvgIpc) is 3.39. The Labute approximate surface area is 191 Å². The minimum Gasteiger partial charge on any atom is -0.492 e. The number of hydrogen-bond acceptors (Lipinski definition) is 7. The standard InChI is InChI=1S/C24H27N3O4S/c1-5-29-17-10-8-12-20-21(17)25-24(32-20)27(14-13-26(3)4)23(28)19-15-16-9-7-11-18(30-6-2)22(16)31-19/h7-12,15H,5-6,13-14H2,1-4H3. The molecular weight excluding hydrogens is 426 g/mol. The van der Waals surface area contributed by atoms with Crippen molar-refractivity contribution >= 4 is 43.6 Å². The fraction of sp³-hybridized carbons (Fsp3) is 0.333. The van der Waals surface area contributed by atoms with Crippen LogP contribution in [0.2, 0.25) is 0 Å². The van der Waals surface area contributed by atoms with Gasteiger partial charge in [0.1, 0.15) is 11.3 Å². The Morgan fingerprint density at radius 2 is 1.75 bits per heavy atom. The lowest BCUT2D eigenvalue weighted by Gasteiger charge is -2.20. The first-order valence-electron chi connectivity index (χ1n) is 10.7. The summed E-state index contributed by atoms with van der Waals surface area (Å²) in [6.45, 7) is 6.09. The van der Waals surface area contributed by atoms with Gasteiger partial charge in [-0.05, 0) is 52.2 Å². The Morgan fingerprint density at radius 3 is 2.50 bits per heavy atom. The molecule has 32 heavy (non-hydrogen) atoms. The fourth-order valence-electron chi connectivity index (χ4n) is 3.43. The van der Waals surface area contributed by atoms with Gasteiger partial charge in [-0.2, -0.15) is 0 Å². The van der Waals surface area contributed by atoms with Gasteiger partial charge in [0.05, 0.1) is 17.9 Å². The number of anilines is 1. The van der Waals surface area contributed by atoms with Crippen molar-refractivity contribution in [3.63, 3.8) is 0 Å². The van der Waals surface area contributed by atoms with Gasteiger partial charge < -0.3 is 18.8 Å². The van der Waals surface area contributed by atoms with E-state index in [1.807, 2.05) is 69.2 Å². The van der Waals surface area contributed by atoms with Gasteiger partial charge in [-0.3, -0.25) is 9.69 Å². The van der Waals surface area contributed by atoms with E-state index in [1.54, 1.807) is 11.0 Å². The maximum Gasteiger partial charge on any atom is 0.295 e. The molecule has 0 saturated carbocycles. The smallest absolute Gasteiger partial charge is 0.295 e. The number of thiazole rings is 1. The van der Waals surface area contributed by atoms with E-state index >= 15 is 0 Å². The van der Waals surface area contributed by atoms with Crippen molar-refractivity contribution in [1.82, 2.24) is 9.88 Å². The van der Waals surface area contributed by atoms with E-state index in [9.17, 15) is 4.79 Å². The van der Waals surface area contributed by atoms with Crippen molar-refractivity contribution in [2.75, 3.05) is 45.3 Å². The number of fused-ring (bicyclic) bond motifs is 2. The van der Waals surface area contributed by atoms with Crippen LogP contribution in [0.5, 0.6) is 11.5 Å². The van der Waals surface area contributed by atoms with E-state index < -0.39 is 0 Å². The number of furan rings is 1. The van der Waals surface area contributed by atoms with Gasteiger partial charge in [0, 0.05) is 18.5 Å². The summed E-state index contributed by atoms with van der Waals surface area (Å²) >= 11 is 1.47. The lowest BCUT2D eigenvalue weighted by Crippen LogP contribution is -2.36. The van der Waals surface area contributed by atoms with E-state index in [1.165, 1.54) is 11.3 Å². The second kappa shape index (κ2) is 9.58. The number of ether oxygens (including phenoxy) is 2. The second-order valence-corrected chi connectivity index (χ2v) is 8.52. The zero-order valence-electron chi connectivity index (χ0n) is 18.8. The number of para-hydroxylation sites is 2. The van der Waals surface area contributed by atoms with Crippen molar-refractivity contribution in [2.45, 2.75) is 13.8 Å². The Morgan fingerprint density at radius 1 is 1.03 bits per heavy atom. The number of hydrogen-bond donors (Lipinski definition) is 0. The molecule has 0 spiro atoms. The number of carbonyl (C=O) groups is 1. The normalized spacial score (nSPS) is 11.4. The highest BCUT2D eigenvalue weighted by Gasteiger charge is 2.25. The average molecular weight is 454 g/mol. The Hall–Kier alpha value is -3.10. The Balaban J connectivity index is 1.74. The molecule has 2 aromatic carbocycles. The second-order valence-electron chi connectivity index (χ2n) is 7.51. The fourth-order valence-corrected chi connectivity index (χ4v) is 4.43. The summed E-state index contributed by atoms with van der Waals surface area (Å²) in [4.78, 5) is 22.1. The van der Waals surface area contributed by atoms with Gasteiger partial charge in [-0.15, -0.1) is 0 Å². The van der Waals surface area contributed by atoms with Crippen molar-refractivity contribution in [2.24, 2.45) is 0 Å². The molecule has 0 saturated heterocycles. The summed E-state index contributed by atoms with van der Waals surface area (Å²) in [7, 11) is 3.95. The number of aromatic nitrogens is 1. The van der Waals surface area contributed by atoms with Crippen LogP contribution in [0.15, 0.2) is 46.9 Å². The molecule has 1 amide bonds. The highest BCUT2D eigenvalue weighted by molar-refractivity contribution is 7.22. The maximum atomic E-state index is 13.6. The first kappa shape index (κ1) is 22.1. The quantitative estimate of drug-likeness (QED) is 0.353. The lowest BCUT2D eigenvalue weighted by molar-refractivity contribution is 0.0960. The molecule has 7 nitrogen and oxygen atoms in total. The van der Waals surface area contributed by atoms with Gasteiger partial charge in [0.2, 0.25) is 0 Å². The number of carbonyl (C=O) groups excluding carboxylic acids is 1. The first-order valence-corrected chi connectivity index (χ1v) is 11.5. The molecule has 4 rings (SSSR count). The van der Waals surface area contributed by atoms with Crippen LogP contribution in [0, 0.1) is 0 Å². The Bertz CT molecular complexity index is 1230. The summed E-state index contributed by atoms with van der Waals surface area (Å²) < 4.78 is 18.3. The van der Waals surface area contributed by atoms with Crippen molar-refractivity contribution < 1.29 is 18.7 Å². The molecule has 0 aliphatic heterocycles. The van der Waals surface area contributed by atoms with Crippen LogP contribution in [0.25, 0.3) is 21.2 Å². The van der Waals surface area contributed by atoms with E-state index in [2.05, 4.69) is 0 Å². The van der Waals surface area contributed by atoms with Crippen molar-refractivity contribution in [3.8, 4) is 11.5 Å². The molecule has 2 heterocycles. The molecule has 2 aromatic heterocycles.